The summed E-state index contributed by atoms with van der Waals surface area (Å²) < 4.78 is 6.17. The number of para-hydroxylation sites is 1. The Labute approximate surface area is 358 Å². The molecule has 13 rings (SSSR count). The fraction of sp³-hybridized carbons (Fsp3) is 0.0172. The second-order valence-corrected chi connectivity index (χ2v) is 16.3. The minimum absolute atomic E-state index is 0.401. The van der Waals surface area contributed by atoms with Crippen molar-refractivity contribution in [2.75, 3.05) is 0 Å². The molecule has 0 bridgehead atoms. The number of hydrogen-bond donors (Lipinski definition) is 0. The molecule has 4 heteroatoms. The second-order valence-electron chi connectivity index (χ2n) is 16.3. The summed E-state index contributed by atoms with van der Waals surface area (Å²) in [5.41, 5.74) is 19.1. The van der Waals surface area contributed by atoms with Crippen molar-refractivity contribution in [3.63, 3.8) is 0 Å². The van der Waals surface area contributed by atoms with Crippen LogP contribution in [0.1, 0.15) is 22.3 Å². The van der Waals surface area contributed by atoms with Crippen LogP contribution < -0.4 is 0 Å². The molecule has 0 radical (unpaired) electrons. The fourth-order valence-electron chi connectivity index (χ4n) is 10.3. The van der Waals surface area contributed by atoms with Crippen LogP contribution in [0.25, 0.3) is 101 Å². The summed E-state index contributed by atoms with van der Waals surface area (Å²) in [5.74, 6) is 1.84. The lowest BCUT2D eigenvalue weighted by molar-refractivity contribution is 0.669. The van der Waals surface area contributed by atoms with Crippen molar-refractivity contribution in [3.8, 4) is 78.7 Å². The Morgan fingerprint density at radius 2 is 0.774 bits per heavy atom. The zero-order chi connectivity index (χ0) is 40.8. The van der Waals surface area contributed by atoms with E-state index in [-0.39, 0.29) is 0 Å². The molecule has 0 saturated heterocycles. The van der Waals surface area contributed by atoms with Gasteiger partial charge in [0.15, 0.2) is 17.5 Å². The number of furan rings is 1. The topological polar surface area (TPSA) is 51.8 Å². The predicted octanol–water partition coefficient (Wildman–Crippen LogP) is 14.4. The third-order valence-corrected chi connectivity index (χ3v) is 13.0. The molecule has 0 saturated carbocycles. The monoisotopic (exact) mass is 789 g/mol. The van der Waals surface area contributed by atoms with Crippen molar-refractivity contribution < 1.29 is 4.42 Å². The Morgan fingerprint density at radius 1 is 0.274 bits per heavy atom. The highest BCUT2D eigenvalue weighted by molar-refractivity contribution is 6.06. The van der Waals surface area contributed by atoms with E-state index in [0.29, 0.717) is 17.5 Å². The molecule has 288 valence electrons. The van der Waals surface area contributed by atoms with Crippen molar-refractivity contribution in [1.29, 1.82) is 0 Å². The van der Waals surface area contributed by atoms with Gasteiger partial charge in [-0.25, -0.2) is 15.0 Å². The number of aromatic nitrogens is 3. The highest BCUT2D eigenvalue weighted by Crippen LogP contribution is 2.63. The molecule has 2 aromatic heterocycles. The van der Waals surface area contributed by atoms with Crippen LogP contribution in [0, 0.1) is 0 Å². The maximum atomic E-state index is 6.17. The lowest BCUT2D eigenvalue weighted by atomic mass is 9.70. The van der Waals surface area contributed by atoms with Crippen LogP contribution in [0.3, 0.4) is 0 Å². The molecular formula is C58H35N3O. The van der Waals surface area contributed by atoms with Gasteiger partial charge < -0.3 is 4.42 Å². The maximum Gasteiger partial charge on any atom is 0.164 e. The lowest BCUT2D eigenvalue weighted by Crippen LogP contribution is -2.25. The summed E-state index contributed by atoms with van der Waals surface area (Å²) in [6.45, 7) is 0. The van der Waals surface area contributed by atoms with E-state index in [4.69, 9.17) is 19.4 Å². The summed E-state index contributed by atoms with van der Waals surface area (Å²) in [6.07, 6.45) is 0. The molecule has 0 aliphatic heterocycles. The van der Waals surface area contributed by atoms with Gasteiger partial charge in [-0.1, -0.05) is 176 Å². The summed E-state index contributed by atoms with van der Waals surface area (Å²) in [7, 11) is 0. The average molecular weight is 790 g/mol. The van der Waals surface area contributed by atoms with Crippen LogP contribution in [0.15, 0.2) is 217 Å². The third kappa shape index (κ3) is 5.04. The first-order valence-corrected chi connectivity index (χ1v) is 21.1. The Balaban J connectivity index is 0.955. The van der Waals surface area contributed by atoms with Gasteiger partial charge in [0.05, 0.1) is 5.41 Å². The van der Waals surface area contributed by atoms with E-state index in [1.165, 1.54) is 50.1 Å². The quantitative estimate of drug-likeness (QED) is 0.174. The molecule has 9 aromatic carbocycles. The number of fused-ring (bicyclic) bond motifs is 13. The molecule has 4 nitrogen and oxygen atoms in total. The van der Waals surface area contributed by atoms with Gasteiger partial charge in [-0.05, 0) is 103 Å². The minimum Gasteiger partial charge on any atom is -0.456 e. The molecule has 0 atom stereocenters. The molecule has 0 N–H and O–H groups in total. The number of nitrogens with zero attached hydrogens (tertiary/aromatic N) is 3. The van der Waals surface area contributed by atoms with Crippen LogP contribution in [0.4, 0.5) is 0 Å². The van der Waals surface area contributed by atoms with E-state index >= 15 is 0 Å². The van der Waals surface area contributed by atoms with Crippen molar-refractivity contribution in [2.45, 2.75) is 5.41 Å². The van der Waals surface area contributed by atoms with Crippen molar-refractivity contribution in [1.82, 2.24) is 15.0 Å². The first kappa shape index (κ1) is 34.6. The van der Waals surface area contributed by atoms with Gasteiger partial charge >= 0.3 is 0 Å². The van der Waals surface area contributed by atoms with Crippen LogP contribution >= 0.6 is 0 Å². The highest BCUT2D eigenvalue weighted by atomic mass is 16.3. The van der Waals surface area contributed by atoms with Gasteiger partial charge in [0.2, 0.25) is 0 Å². The molecule has 0 amide bonds. The molecule has 1 spiro atoms. The van der Waals surface area contributed by atoms with Crippen LogP contribution in [-0.4, -0.2) is 15.0 Å². The number of hydrogen-bond acceptors (Lipinski definition) is 4. The molecular weight excluding hydrogens is 755 g/mol. The SMILES string of the molecule is c1ccc(-c2nc(-c3ccc4oc5ccccc5c4c3)nc(-c3ccccc3-c3cccc(-c4ccc5c(c4)C4(c6ccccc6-c6ccccc64)c4ccccc4-5)c3)n2)cc1. The van der Waals surface area contributed by atoms with E-state index in [1.807, 2.05) is 60.7 Å². The zero-order valence-corrected chi connectivity index (χ0v) is 33.5. The Bertz CT molecular complexity index is 3540. The maximum absolute atomic E-state index is 6.17. The first-order chi connectivity index (χ1) is 30.7. The van der Waals surface area contributed by atoms with E-state index in [1.54, 1.807) is 0 Å². The van der Waals surface area contributed by atoms with Crippen molar-refractivity contribution in [2.24, 2.45) is 0 Å². The predicted molar refractivity (Wildman–Crippen MR) is 251 cm³/mol. The van der Waals surface area contributed by atoms with Crippen LogP contribution in [-0.2, 0) is 5.41 Å². The highest BCUT2D eigenvalue weighted by Gasteiger charge is 2.51. The molecule has 0 unspecified atom stereocenters. The van der Waals surface area contributed by atoms with Crippen molar-refractivity contribution >= 4 is 21.9 Å². The summed E-state index contributed by atoms with van der Waals surface area (Å²) >= 11 is 0. The van der Waals surface area contributed by atoms with Crippen LogP contribution in [0.5, 0.6) is 0 Å². The van der Waals surface area contributed by atoms with Gasteiger partial charge in [-0.2, -0.15) is 0 Å². The van der Waals surface area contributed by atoms with E-state index in [2.05, 4.69) is 152 Å². The lowest BCUT2D eigenvalue weighted by Gasteiger charge is -2.30. The molecule has 2 aliphatic rings. The van der Waals surface area contributed by atoms with E-state index in [0.717, 1.165) is 55.3 Å². The number of rotatable bonds is 5. The Kier molecular flexibility index (Phi) is 7.49. The van der Waals surface area contributed by atoms with Gasteiger partial charge in [-0.15, -0.1) is 0 Å². The first-order valence-electron chi connectivity index (χ1n) is 21.1. The molecule has 11 aromatic rings. The summed E-state index contributed by atoms with van der Waals surface area (Å²) in [6, 6.07) is 75.8. The van der Waals surface area contributed by atoms with Crippen molar-refractivity contribution in [3.05, 3.63) is 235 Å². The Hall–Kier alpha value is -8.21. The normalized spacial score (nSPS) is 13.0. The van der Waals surface area contributed by atoms with Crippen LogP contribution in [0.2, 0.25) is 0 Å². The fourth-order valence-corrected chi connectivity index (χ4v) is 10.3. The minimum atomic E-state index is -0.401. The standard InChI is InChI=1S/C58H35N3O/c1-2-15-36(16-3-1)55-59-56(40-30-32-54-48(34-40)46-23-9-13-28-53(46)62-54)61-57(60-55)47-24-5-4-19-41(47)39-18-14-17-37(33-39)38-29-31-45-44-22-8-12-27-51(44)58(52(45)35-38)49-25-10-6-20-42(49)43-21-7-11-26-50(43)58/h1-35H. The zero-order valence-electron chi connectivity index (χ0n) is 33.5. The molecule has 2 heterocycles. The molecule has 0 fully saturated rings. The Morgan fingerprint density at radius 3 is 1.50 bits per heavy atom. The van der Waals surface area contributed by atoms with Gasteiger partial charge in [-0.3, -0.25) is 0 Å². The smallest absolute Gasteiger partial charge is 0.164 e. The summed E-state index contributed by atoms with van der Waals surface area (Å²) in [5, 5.41) is 2.09. The van der Waals surface area contributed by atoms with E-state index < -0.39 is 5.41 Å². The van der Waals surface area contributed by atoms with Gasteiger partial charge in [0, 0.05) is 27.5 Å². The van der Waals surface area contributed by atoms with E-state index in [9.17, 15) is 0 Å². The molecule has 62 heavy (non-hydrogen) atoms. The number of benzene rings is 9. The van der Waals surface area contributed by atoms with Gasteiger partial charge in [0.1, 0.15) is 11.2 Å². The summed E-state index contributed by atoms with van der Waals surface area (Å²) in [4.78, 5) is 15.5. The third-order valence-electron chi connectivity index (χ3n) is 13.0. The average Bonchev–Trinajstić information content (AvgIpc) is 3.98. The second kappa shape index (κ2) is 13.4. The van der Waals surface area contributed by atoms with Gasteiger partial charge in [0.25, 0.3) is 0 Å². The molecule has 2 aliphatic carbocycles. The largest absolute Gasteiger partial charge is 0.456 e.